The van der Waals surface area contributed by atoms with Crippen LogP contribution in [0.1, 0.15) is 0 Å². The second-order valence-electron chi connectivity index (χ2n) is 0.451. The maximum absolute atomic E-state index is 9.23. The van der Waals surface area contributed by atoms with E-state index in [1.54, 1.807) is 0 Å². The normalized spacial score (nSPS) is 10.6. The van der Waals surface area contributed by atoms with Gasteiger partial charge in [0.05, 0.1) is 0 Å². The Kier molecular flexibility index (Phi) is 22.6. The van der Waals surface area contributed by atoms with Crippen LogP contribution in [-0.2, 0) is 11.1 Å². The van der Waals surface area contributed by atoms with E-state index in [1.807, 2.05) is 0 Å². The standard InChI is InChI=1S/CH4O3S.Na.H2O.H/c2-1-5(3)4;;;/h2H,1H2,(H,3,4);;1H2;. The van der Waals surface area contributed by atoms with Crippen LogP contribution in [0.25, 0.3) is 0 Å². The Morgan fingerprint density at radius 2 is 1.71 bits per heavy atom. The monoisotopic (exact) mass is 138 g/mol. The van der Waals surface area contributed by atoms with E-state index in [1.165, 1.54) is 0 Å². The number of aliphatic hydroxyl groups excluding tert-OH is 1. The maximum atomic E-state index is 9.23. The van der Waals surface area contributed by atoms with Gasteiger partial charge in [-0.3, -0.25) is 0 Å². The molecule has 0 aromatic carbocycles. The molecule has 0 amide bonds. The summed E-state index contributed by atoms with van der Waals surface area (Å²) in [7, 11) is 0. The number of aliphatic hydroxyl groups is 1. The van der Waals surface area contributed by atoms with Crippen LogP contribution in [0.3, 0.4) is 0 Å². The van der Waals surface area contributed by atoms with Crippen molar-refractivity contribution in [2.45, 2.75) is 0 Å². The quantitative estimate of drug-likeness (QED) is 0.315. The van der Waals surface area contributed by atoms with E-state index in [0.717, 1.165) is 0 Å². The summed E-state index contributed by atoms with van der Waals surface area (Å²) in [5.74, 6) is -0.667. The predicted molar refractivity (Wildman–Crippen MR) is 28.6 cm³/mol. The van der Waals surface area contributed by atoms with E-state index in [-0.39, 0.29) is 35.0 Å². The van der Waals surface area contributed by atoms with Crippen LogP contribution in [0.2, 0.25) is 0 Å². The third-order valence-corrected chi connectivity index (χ3v) is 0.331. The predicted octanol–water partition coefficient (Wildman–Crippen LogP) is -2.32. The van der Waals surface area contributed by atoms with E-state index >= 15 is 0 Å². The van der Waals surface area contributed by atoms with Crippen LogP contribution in [0, 0.1) is 0 Å². The molecule has 7 heavy (non-hydrogen) atoms. The molecule has 6 heteroatoms. The molecule has 0 radical (unpaired) electrons. The fourth-order valence-electron chi connectivity index (χ4n) is 0. The molecule has 1 unspecified atom stereocenters. The van der Waals surface area contributed by atoms with Gasteiger partial charge in [0.25, 0.3) is 0 Å². The van der Waals surface area contributed by atoms with Gasteiger partial charge in [0, 0.05) is 0 Å². The second-order valence-corrected chi connectivity index (χ2v) is 1.35. The average molecular weight is 138 g/mol. The molecule has 0 bridgehead atoms. The average Bonchev–Trinajstić information content (AvgIpc) is 1.38. The second kappa shape index (κ2) is 10.1. The van der Waals surface area contributed by atoms with Gasteiger partial charge in [-0.1, -0.05) is 0 Å². The molecule has 0 aromatic rings. The van der Waals surface area contributed by atoms with Crippen LogP contribution in [0.5, 0.6) is 0 Å². The summed E-state index contributed by atoms with van der Waals surface area (Å²) in [4.78, 5) is 0. The van der Waals surface area contributed by atoms with Crippen LogP contribution >= 0.6 is 0 Å². The number of hydrogen-bond acceptors (Lipinski definition) is 2. The summed E-state index contributed by atoms with van der Waals surface area (Å²) in [6.45, 7) is 0. The van der Waals surface area contributed by atoms with Crippen molar-refractivity contribution in [2.75, 3.05) is 5.94 Å². The van der Waals surface area contributed by atoms with Gasteiger partial charge in [0.1, 0.15) is 5.94 Å². The molecular formula is CH7NaO4S. The molecule has 1 atom stereocenters. The molecule has 0 aliphatic heterocycles. The summed E-state index contributed by atoms with van der Waals surface area (Å²) in [6.07, 6.45) is 0. The van der Waals surface area contributed by atoms with Gasteiger partial charge in [-0.05, 0) is 0 Å². The first kappa shape index (κ1) is 15.7. The van der Waals surface area contributed by atoms with E-state index in [2.05, 4.69) is 0 Å². The molecule has 0 fully saturated rings. The van der Waals surface area contributed by atoms with E-state index in [9.17, 15) is 4.21 Å². The summed E-state index contributed by atoms with van der Waals surface area (Å²) < 4.78 is 16.8. The molecule has 4 nitrogen and oxygen atoms in total. The van der Waals surface area contributed by atoms with Gasteiger partial charge in [-0.25, -0.2) is 4.21 Å². The zero-order valence-electron chi connectivity index (χ0n) is 2.92. The van der Waals surface area contributed by atoms with Gasteiger partial charge < -0.3 is 15.1 Å². The van der Waals surface area contributed by atoms with Crippen molar-refractivity contribution in [3.8, 4) is 0 Å². The van der Waals surface area contributed by atoms with Crippen molar-refractivity contribution in [1.82, 2.24) is 0 Å². The van der Waals surface area contributed by atoms with Crippen LogP contribution in [0.4, 0.5) is 0 Å². The van der Waals surface area contributed by atoms with E-state index < -0.39 is 17.0 Å². The Hall–Kier alpha value is 1.03. The zero-order valence-corrected chi connectivity index (χ0v) is 3.73. The molecule has 0 aliphatic rings. The van der Waals surface area contributed by atoms with E-state index in [4.69, 9.17) is 9.66 Å². The van der Waals surface area contributed by atoms with Crippen molar-refractivity contribution < 1.29 is 19.3 Å². The minimum absolute atomic E-state index is 0. The Bertz CT molecular complexity index is 47.0. The number of hydrogen-bond donors (Lipinski definition) is 2. The van der Waals surface area contributed by atoms with Crippen molar-refractivity contribution in [1.29, 1.82) is 0 Å². The molecule has 42 valence electrons. The summed E-state index contributed by atoms with van der Waals surface area (Å²) in [6, 6.07) is 0. The minimum atomic E-state index is -2.02. The van der Waals surface area contributed by atoms with Crippen molar-refractivity contribution in [2.24, 2.45) is 0 Å². The molecule has 0 saturated carbocycles. The van der Waals surface area contributed by atoms with Gasteiger partial charge >= 0.3 is 29.6 Å². The third kappa shape index (κ3) is 19.4. The SMILES string of the molecule is O.O=S(O)CO.[NaH]. The molecular weight excluding hydrogens is 131 g/mol. The topological polar surface area (TPSA) is 89.0 Å². The Balaban J connectivity index is -0.0000000800. The first-order valence-corrected chi connectivity index (χ1v) is 2.23. The third-order valence-electron chi connectivity index (χ3n) is 0.110. The Morgan fingerprint density at radius 1 is 1.57 bits per heavy atom. The molecule has 0 aliphatic carbocycles. The van der Waals surface area contributed by atoms with Crippen LogP contribution < -0.4 is 0 Å². The summed E-state index contributed by atoms with van der Waals surface area (Å²) in [5.41, 5.74) is 0. The molecule has 0 saturated heterocycles. The fourth-order valence-corrected chi connectivity index (χ4v) is 0. The van der Waals surface area contributed by atoms with Gasteiger partial charge in [0.15, 0.2) is 11.1 Å². The van der Waals surface area contributed by atoms with Gasteiger partial charge in [-0.2, -0.15) is 0 Å². The Labute approximate surface area is 65.8 Å². The van der Waals surface area contributed by atoms with Gasteiger partial charge in [0.2, 0.25) is 0 Å². The summed E-state index contributed by atoms with van der Waals surface area (Å²) >= 11 is -2.02. The van der Waals surface area contributed by atoms with E-state index in [0.29, 0.717) is 0 Å². The first-order valence-electron chi connectivity index (χ1n) is 0.954. The van der Waals surface area contributed by atoms with Crippen molar-refractivity contribution >= 4 is 40.6 Å². The fraction of sp³-hybridized carbons (Fsp3) is 1.00. The molecule has 0 rings (SSSR count). The van der Waals surface area contributed by atoms with Crippen LogP contribution in [0.15, 0.2) is 0 Å². The molecule has 0 aromatic heterocycles. The molecule has 0 spiro atoms. The van der Waals surface area contributed by atoms with Crippen LogP contribution in [-0.4, -0.2) is 54.8 Å². The van der Waals surface area contributed by atoms with Crippen molar-refractivity contribution in [3.05, 3.63) is 0 Å². The Morgan fingerprint density at radius 3 is 1.71 bits per heavy atom. The van der Waals surface area contributed by atoms with Gasteiger partial charge in [-0.15, -0.1) is 0 Å². The van der Waals surface area contributed by atoms with Crippen molar-refractivity contribution in [3.63, 3.8) is 0 Å². The molecule has 0 heterocycles. The number of rotatable bonds is 1. The molecule has 4 N–H and O–H groups in total. The zero-order chi connectivity index (χ0) is 4.28. The summed E-state index contributed by atoms with van der Waals surface area (Å²) in [5, 5.41) is 7.59. The first-order chi connectivity index (χ1) is 2.27.